The zero-order valence-electron chi connectivity index (χ0n) is 18.1. The van der Waals surface area contributed by atoms with Crippen LogP contribution in [0.4, 0.5) is 14.5 Å². The van der Waals surface area contributed by atoms with Crippen molar-refractivity contribution < 1.29 is 22.0 Å². The lowest BCUT2D eigenvalue weighted by Gasteiger charge is -2.44. The zero-order chi connectivity index (χ0) is 23.5. The largest absolute Gasteiger partial charge is 0.322 e. The number of nitrogens with one attached hydrogen (secondary N) is 1. The molecule has 2 atom stereocenters. The van der Waals surface area contributed by atoms with Crippen molar-refractivity contribution in [2.75, 3.05) is 11.9 Å². The Hall–Kier alpha value is -2.03. The Morgan fingerprint density at radius 1 is 1.16 bits per heavy atom. The molecule has 2 aromatic rings. The molecule has 1 saturated carbocycles. The van der Waals surface area contributed by atoms with E-state index in [2.05, 4.69) is 26.1 Å². The molecule has 9 heteroatoms. The van der Waals surface area contributed by atoms with Crippen LogP contribution in [-0.2, 0) is 10.0 Å². The first-order valence-corrected chi connectivity index (χ1v) is 12.3. The number of hydrogen-bond donors (Lipinski definition) is 1. The molecule has 2 fully saturated rings. The van der Waals surface area contributed by atoms with Crippen LogP contribution in [0.15, 0.2) is 41.3 Å². The number of rotatable bonds is 4. The summed E-state index contributed by atoms with van der Waals surface area (Å²) in [7, 11) is -3.80. The second-order valence-electron chi connectivity index (χ2n) is 9.47. The van der Waals surface area contributed by atoms with E-state index >= 15 is 0 Å². The Morgan fingerprint density at radius 2 is 1.84 bits per heavy atom. The highest BCUT2D eigenvalue weighted by Crippen LogP contribution is 2.58. The highest BCUT2D eigenvalue weighted by Gasteiger charge is 2.60. The van der Waals surface area contributed by atoms with Gasteiger partial charge in [-0.25, -0.2) is 17.2 Å². The molecule has 1 heterocycles. The first-order chi connectivity index (χ1) is 14.9. The highest BCUT2D eigenvalue weighted by atomic mass is 35.5. The van der Waals surface area contributed by atoms with E-state index in [0.29, 0.717) is 12.6 Å². The summed E-state index contributed by atoms with van der Waals surface area (Å²) in [6, 6.07) is 7.26. The van der Waals surface area contributed by atoms with Gasteiger partial charge in [0.2, 0.25) is 10.0 Å². The molecule has 1 aliphatic carbocycles. The fourth-order valence-electron chi connectivity index (χ4n) is 5.03. The fourth-order valence-corrected chi connectivity index (χ4v) is 7.22. The Bertz CT molecular complexity index is 1200. The van der Waals surface area contributed by atoms with Crippen molar-refractivity contribution in [2.45, 2.75) is 51.0 Å². The summed E-state index contributed by atoms with van der Waals surface area (Å²) >= 11 is 5.87. The lowest BCUT2D eigenvalue weighted by Crippen LogP contribution is -2.44. The first kappa shape index (κ1) is 23.1. The molecule has 1 amide bonds. The second kappa shape index (κ2) is 7.78. The van der Waals surface area contributed by atoms with Crippen LogP contribution in [-0.4, -0.2) is 31.2 Å². The van der Waals surface area contributed by atoms with Crippen LogP contribution in [0.1, 0.15) is 50.4 Å². The number of fused-ring (bicyclic) bond motifs is 2. The van der Waals surface area contributed by atoms with Crippen LogP contribution in [0, 0.1) is 22.5 Å². The maximum absolute atomic E-state index is 13.6. The van der Waals surface area contributed by atoms with Crippen molar-refractivity contribution in [1.82, 2.24) is 4.31 Å². The predicted molar refractivity (Wildman–Crippen MR) is 119 cm³/mol. The summed E-state index contributed by atoms with van der Waals surface area (Å²) in [5.41, 5.74) is -0.280. The Labute approximate surface area is 191 Å². The van der Waals surface area contributed by atoms with Gasteiger partial charge in [-0.05, 0) is 54.0 Å². The molecular weight excluding hydrogens is 458 g/mol. The molecular formula is C23H25ClF2N2O3S. The Morgan fingerprint density at radius 3 is 2.53 bits per heavy atom. The molecule has 32 heavy (non-hydrogen) atoms. The molecule has 0 unspecified atom stereocenters. The number of nitrogens with zero attached hydrogens (tertiary/aromatic N) is 1. The van der Waals surface area contributed by atoms with Gasteiger partial charge in [-0.3, -0.25) is 4.79 Å². The summed E-state index contributed by atoms with van der Waals surface area (Å²) in [4.78, 5) is 12.6. The van der Waals surface area contributed by atoms with Gasteiger partial charge in [-0.1, -0.05) is 44.9 Å². The summed E-state index contributed by atoms with van der Waals surface area (Å²) in [6.07, 6.45) is 2.78. The topological polar surface area (TPSA) is 66.5 Å². The van der Waals surface area contributed by atoms with Crippen molar-refractivity contribution in [3.8, 4) is 0 Å². The van der Waals surface area contributed by atoms with Gasteiger partial charge in [0.25, 0.3) is 5.91 Å². The van der Waals surface area contributed by atoms with Crippen molar-refractivity contribution in [2.24, 2.45) is 10.8 Å². The number of carbonyl (C=O) groups excluding carboxylic acids is 1. The quantitative estimate of drug-likeness (QED) is 0.588. The van der Waals surface area contributed by atoms with Gasteiger partial charge in [0, 0.05) is 18.3 Å². The highest BCUT2D eigenvalue weighted by molar-refractivity contribution is 7.89. The minimum Gasteiger partial charge on any atom is -0.322 e. The molecule has 5 nitrogen and oxygen atoms in total. The molecule has 2 aliphatic rings. The maximum Gasteiger partial charge on any atom is 0.257 e. The van der Waals surface area contributed by atoms with Gasteiger partial charge in [-0.2, -0.15) is 4.31 Å². The zero-order valence-corrected chi connectivity index (χ0v) is 19.7. The van der Waals surface area contributed by atoms with Gasteiger partial charge in [0.15, 0.2) is 11.6 Å². The second-order valence-corrected chi connectivity index (χ2v) is 11.8. The number of amides is 1. The normalized spacial score (nSPS) is 25.0. The SMILES string of the molecule is CC1(C)[C@H]2CCC[C@]1(C)CN2S(=O)(=O)c1cccc(NC(=O)c2cc(F)c(F)cc2Cl)c1. The lowest BCUT2D eigenvalue weighted by atomic mass is 9.60. The minimum atomic E-state index is -3.80. The smallest absolute Gasteiger partial charge is 0.257 e. The number of halogens is 3. The first-order valence-electron chi connectivity index (χ1n) is 10.4. The Balaban J connectivity index is 1.62. The number of anilines is 1. The molecule has 2 bridgehead atoms. The number of carbonyl (C=O) groups is 1. The Kier molecular flexibility index (Phi) is 5.63. The van der Waals surface area contributed by atoms with Crippen LogP contribution in [0.25, 0.3) is 0 Å². The number of benzene rings is 2. The van der Waals surface area contributed by atoms with E-state index in [1.165, 1.54) is 24.3 Å². The summed E-state index contributed by atoms with van der Waals surface area (Å²) in [5, 5.41) is 2.28. The van der Waals surface area contributed by atoms with Gasteiger partial charge < -0.3 is 5.32 Å². The van der Waals surface area contributed by atoms with E-state index in [1.54, 1.807) is 4.31 Å². The van der Waals surface area contributed by atoms with Gasteiger partial charge in [-0.15, -0.1) is 0 Å². The van der Waals surface area contributed by atoms with Gasteiger partial charge in [0.1, 0.15) is 0 Å². The van der Waals surface area contributed by atoms with Crippen LogP contribution in [0.3, 0.4) is 0 Å². The van der Waals surface area contributed by atoms with E-state index < -0.39 is 27.6 Å². The third-order valence-corrected chi connectivity index (χ3v) is 9.56. The van der Waals surface area contributed by atoms with Crippen LogP contribution in [0.5, 0.6) is 0 Å². The van der Waals surface area contributed by atoms with E-state index in [-0.39, 0.29) is 38.0 Å². The van der Waals surface area contributed by atoms with Crippen molar-refractivity contribution in [3.63, 3.8) is 0 Å². The molecule has 1 N–H and O–H groups in total. The molecule has 1 saturated heterocycles. The summed E-state index contributed by atoms with van der Waals surface area (Å²) < 4.78 is 55.6. The predicted octanol–water partition coefficient (Wildman–Crippen LogP) is 5.46. The molecule has 2 aromatic carbocycles. The standard InChI is InChI=1S/C23H25ClF2N2O3S/c1-22(2)20-8-5-9-23(22,3)13-28(20)32(30,31)15-7-4-6-14(10-15)27-21(29)16-11-18(25)19(26)12-17(16)24/h4,6-7,10-12,20H,5,8-9,13H2,1-3H3,(H,27,29)/t20-,23-/m1/s1. The molecule has 4 rings (SSSR count). The van der Waals surface area contributed by atoms with Gasteiger partial charge >= 0.3 is 0 Å². The lowest BCUT2D eigenvalue weighted by molar-refractivity contribution is 0.0722. The number of hydrogen-bond acceptors (Lipinski definition) is 3. The third-order valence-electron chi connectivity index (χ3n) is 7.40. The fraction of sp³-hybridized carbons (Fsp3) is 0.435. The maximum atomic E-state index is 13.6. The number of sulfonamides is 1. The minimum absolute atomic E-state index is 0.0682. The molecule has 0 spiro atoms. The summed E-state index contributed by atoms with van der Waals surface area (Å²) in [5.74, 6) is -3.13. The van der Waals surface area contributed by atoms with Gasteiger partial charge in [0.05, 0.1) is 15.5 Å². The van der Waals surface area contributed by atoms with Crippen LogP contribution in [0.2, 0.25) is 5.02 Å². The summed E-state index contributed by atoms with van der Waals surface area (Å²) in [6.45, 7) is 6.87. The van der Waals surface area contributed by atoms with E-state index in [1.807, 2.05) is 0 Å². The van der Waals surface area contributed by atoms with Crippen LogP contribution >= 0.6 is 11.6 Å². The molecule has 0 radical (unpaired) electrons. The average molecular weight is 483 g/mol. The van der Waals surface area contributed by atoms with E-state index in [9.17, 15) is 22.0 Å². The average Bonchev–Trinajstić information content (AvgIpc) is 2.84. The molecule has 172 valence electrons. The van der Waals surface area contributed by atoms with E-state index in [0.717, 1.165) is 25.3 Å². The van der Waals surface area contributed by atoms with Crippen molar-refractivity contribution >= 4 is 33.2 Å². The third kappa shape index (κ3) is 3.62. The molecule has 1 aliphatic heterocycles. The van der Waals surface area contributed by atoms with E-state index in [4.69, 9.17) is 11.6 Å². The van der Waals surface area contributed by atoms with Crippen molar-refractivity contribution in [3.05, 3.63) is 58.6 Å². The van der Waals surface area contributed by atoms with Crippen LogP contribution < -0.4 is 5.32 Å². The molecule has 0 aromatic heterocycles. The van der Waals surface area contributed by atoms with Crippen molar-refractivity contribution in [1.29, 1.82) is 0 Å². The monoisotopic (exact) mass is 482 g/mol.